The van der Waals surface area contributed by atoms with Gasteiger partial charge in [0.25, 0.3) is 0 Å². The van der Waals surface area contributed by atoms with Gasteiger partial charge in [0.05, 0.1) is 5.88 Å². The Morgan fingerprint density at radius 3 is 2.63 bits per heavy atom. The van der Waals surface area contributed by atoms with Gasteiger partial charge in [0.2, 0.25) is 0 Å². The van der Waals surface area contributed by atoms with E-state index in [1.807, 2.05) is 0 Å². The smallest absolute Gasteiger partial charge is 0.296 e. The van der Waals surface area contributed by atoms with E-state index in [1.54, 1.807) is 13.0 Å². The van der Waals surface area contributed by atoms with Crippen LogP contribution in [0, 0.1) is 6.92 Å². The van der Waals surface area contributed by atoms with Crippen LogP contribution in [0.3, 0.4) is 0 Å². The number of alkyl halides is 4. The minimum atomic E-state index is -4.31. The van der Waals surface area contributed by atoms with Gasteiger partial charge >= 0.3 is 6.18 Å². The molecule has 1 aliphatic carbocycles. The highest BCUT2D eigenvalue weighted by Gasteiger charge is 2.66. The number of rotatable bonds is 2. The third-order valence-corrected chi connectivity index (χ3v) is 3.86. The van der Waals surface area contributed by atoms with Crippen LogP contribution in [0.25, 0.3) is 11.2 Å². The molecular weight excluding hydrogens is 279 g/mol. The number of aryl methyl sites for hydroxylation is 1. The summed E-state index contributed by atoms with van der Waals surface area (Å²) in [5, 5.41) is 0. The van der Waals surface area contributed by atoms with Gasteiger partial charge in [-0.05, 0) is 31.4 Å². The molecule has 0 amide bonds. The van der Waals surface area contributed by atoms with E-state index in [-0.39, 0.29) is 30.2 Å². The summed E-state index contributed by atoms with van der Waals surface area (Å²) in [5.41, 5.74) is -0.306. The number of hydrogen-bond acceptors (Lipinski definition) is 2. The van der Waals surface area contributed by atoms with Crippen LogP contribution in [-0.2, 0) is 11.4 Å². The van der Waals surface area contributed by atoms with E-state index in [9.17, 15) is 13.2 Å². The second kappa shape index (κ2) is 3.85. The standard InChI is InChI=1S/C12H11ClF3N3/c1-7-2-5-17-10-9(7)18-8(6-13)19(10)11(3-4-11)12(14,15)16/h2,5H,3-4,6H2,1H3. The minimum absolute atomic E-state index is 0.0570. The summed E-state index contributed by atoms with van der Waals surface area (Å²) < 4.78 is 41.0. The molecule has 3 nitrogen and oxygen atoms in total. The largest absolute Gasteiger partial charge is 0.412 e. The topological polar surface area (TPSA) is 30.7 Å². The lowest BCUT2D eigenvalue weighted by molar-refractivity contribution is -0.179. The maximum Gasteiger partial charge on any atom is 0.412 e. The highest BCUT2D eigenvalue weighted by Crippen LogP contribution is 2.56. The first-order valence-electron chi connectivity index (χ1n) is 5.87. The van der Waals surface area contributed by atoms with Gasteiger partial charge in [0, 0.05) is 6.20 Å². The third-order valence-electron chi connectivity index (χ3n) is 3.62. The van der Waals surface area contributed by atoms with Crippen LogP contribution in [0.1, 0.15) is 24.2 Å². The maximum absolute atomic E-state index is 13.3. The van der Waals surface area contributed by atoms with Crippen LogP contribution in [-0.4, -0.2) is 20.7 Å². The monoisotopic (exact) mass is 289 g/mol. The van der Waals surface area contributed by atoms with Gasteiger partial charge in [-0.1, -0.05) is 0 Å². The van der Waals surface area contributed by atoms with Crippen LogP contribution in [0.4, 0.5) is 13.2 Å². The summed E-state index contributed by atoms with van der Waals surface area (Å²) in [5.74, 6) is 0.168. The van der Waals surface area contributed by atoms with E-state index in [4.69, 9.17) is 11.6 Å². The van der Waals surface area contributed by atoms with E-state index in [0.29, 0.717) is 5.52 Å². The predicted molar refractivity (Wildman–Crippen MR) is 65.1 cm³/mol. The first kappa shape index (κ1) is 12.7. The van der Waals surface area contributed by atoms with Gasteiger partial charge in [0.1, 0.15) is 16.9 Å². The molecule has 102 valence electrons. The summed E-state index contributed by atoms with van der Waals surface area (Å²) in [6, 6.07) is 1.73. The normalized spacial score (nSPS) is 17.9. The third kappa shape index (κ3) is 1.65. The van der Waals surface area contributed by atoms with Gasteiger partial charge in [-0.25, -0.2) is 9.97 Å². The van der Waals surface area contributed by atoms with Crippen LogP contribution in [0.5, 0.6) is 0 Å². The maximum atomic E-state index is 13.3. The zero-order valence-electron chi connectivity index (χ0n) is 10.1. The molecule has 0 radical (unpaired) electrons. The fourth-order valence-electron chi connectivity index (χ4n) is 2.43. The van der Waals surface area contributed by atoms with Gasteiger partial charge in [-0.2, -0.15) is 13.2 Å². The molecule has 0 unspecified atom stereocenters. The van der Waals surface area contributed by atoms with Crippen molar-refractivity contribution in [3.8, 4) is 0 Å². The average Bonchev–Trinajstić information content (AvgIpc) is 3.05. The molecule has 7 heteroatoms. The number of imidazole rings is 1. The second-order valence-electron chi connectivity index (χ2n) is 4.83. The molecule has 1 saturated carbocycles. The number of nitrogens with zero attached hydrogens (tertiary/aromatic N) is 3. The van der Waals surface area contributed by atoms with Crippen LogP contribution < -0.4 is 0 Å². The lowest BCUT2D eigenvalue weighted by Crippen LogP contribution is -2.36. The molecule has 3 rings (SSSR count). The van der Waals surface area contributed by atoms with Crippen molar-refractivity contribution >= 4 is 22.8 Å². The van der Waals surface area contributed by atoms with Crippen molar-refractivity contribution in [2.24, 2.45) is 0 Å². The molecule has 2 aromatic heterocycles. The van der Waals surface area contributed by atoms with E-state index in [0.717, 1.165) is 5.56 Å². The zero-order valence-corrected chi connectivity index (χ0v) is 10.9. The summed E-state index contributed by atoms with van der Waals surface area (Å²) in [4.78, 5) is 8.29. The lowest BCUT2D eigenvalue weighted by atomic mass is 10.2. The van der Waals surface area contributed by atoms with Gasteiger partial charge in [0.15, 0.2) is 5.65 Å². The predicted octanol–water partition coefficient (Wildman–Crippen LogP) is 3.53. The first-order valence-corrected chi connectivity index (χ1v) is 6.40. The lowest BCUT2D eigenvalue weighted by Gasteiger charge is -2.22. The Labute approximate surface area is 112 Å². The van der Waals surface area contributed by atoms with Crippen molar-refractivity contribution < 1.29 is 13.2 Å². The Morgan fingerprint density at radius 1 is 1.42 bits per heavy atom. The number of pyridine rings is 1. The highest BCUT2D eigenvalue weighted by molar-refractivity contribution is 6.16. The second-order valence-corrected chi connectivity index (χ2v) is 5.09. The van der Waals surface area contributed by atoms with Crippen LogP contribution >= 0.6 is 11.6 Å². The quantitative estimate of drug-likeness (QED) is 0.792. The van der Waals surface area contributed by atoms with Crippen LogP contribution in [0.15, 0.2) is 12.3 Å². The Kier molecular flexibility index (Phi) is 2.58. The molecule has 2 heterocycles. The molecule has 0 atom stereocenters. The van der Waals surface area contributed by atoms with Crippen molar-refractivity contribution in [2.45, 2.75) is 37.4 Å². The summed E-state index contributed by atoms with van der Waals surface area (Å²) >= 11 is 5.76. The first-order chi connectivity index (χ1) is 8.90. The fourth-order valence-corrected chi connectivity index (χ4v) is 2.61. The molecule has 1 aliphatic rings. The summed E-state index contributed by atoms with van der Waals surface area (Å²) in [6.07, 6.45) is -2.70. The van der Waals surface area contributed by atoms with E-state index >= 15 is 0 Å². The molecule has 0 N–H and O–H groups in total. The number of fused-ring (bicyclic) bond motifs is 1. The van der Waals surface area contributed by atoms with Gasteiger partial charge in [-0.15, -0.1) is 11.6 Å². The summed E-state index contributed by atoms with van der Waals surface area (Å²) in [7, 11) is 0. The molecule has 0 bridgehead atoms. The molecule has 0 aliphatic heterocycles. The molecule has 19 heavy (non-hydrogen) atoms. The average molecular weight is 290 g/mol. The van der Waals surface area contributed by atoms with E-state index in [1.165, 1.54) is 10.8 Å². The minimum Gasteiger partial charge on any atom is -0.296 e. The van der Waals surface area contributed by atoms with Crippen LogP contribution in [0.2, 0.25) is 0 Å². The molecule has 1 fully saturated rings. The number of hydrogen-bond donors (Lipinski definition) is 0. The molecule has 2 aromatic rings. The molecular formula is C12H11ClF3N3. The Balaban J connectivity index is 2.32. The molecule has 0 saturated heterocycles. The Bertz CT molecular complexity index is 643. The number of aromatic nitrogens is 3. The van der Waals surface area contributed by atoms with Crippen molar-refractivity contribution in [1.82, 2.24) is 14.5 Å². The Morgan fingerprint density at radius 2 is 2.11 bits per heavy atom. The SMILES string of the molecule is Cc1ccnc2c1nc(CCl)n2C1(C(F)(F)F)CC1. The zero-order chi connectivity index (χ0) is 13.8. The highest BCUT2D eigenvalue weighted by atomic mass is 35.5. The van der Waals surface area contributed by atoms with Crippen molar-refractivity contribution in [3.05, 3.63) is 23.7 Å². The van der Waals surface area contributed by atoms with Gasteiger partial charge < -0.3 is 0 Å². The van der Waals surface area contributed by atoms with Gasteiger partial charge in [-0.3, -0.25) is 4.57 Å². The van der Waals surface area contributed by atoms with Crippen molar-refractivity contribution in [2.75, 3.05) is 0 Å². The van der Waals surface area contributed by atoms with Crippen molar-refractivity contribution in [1.29, 1.82) is 0 Å². The number of halogens is 4. The fraction of sp³-hybridized carbons (Fsp3) is 0.500. The Hall–Kier alpha value is -1.30. The summed E-state index contributed by atoms with van der Waals surface area (Å²) in [6.45, 7) is 1.80. The van der Waals surface area contributed by atoms with Crippen molar-refractivity contribution in [3.63, 3.8) is 0 Å². The van der Waals surface area contributed by atoms with E-state index < -0.39 is 11.7 Å². The molecule has 0 spiro atoms. The molecule has 0 aromatic carbocycles. The van der Waals surface area contributed by atoms with E-state index in [2.05, 4.69) is 9.97 Å².